The molecule has 9 fully saturated rings. The summed E-state index contributed by atoms with van der Waals surface area (Å²) in [4.78, 5) is 110. The van der Waals surface area contributed by atoms with Gasteiger partial charge in [-0.2, -0.15) is 5.10 Å². The summed E-state index contributed by atoms with van der Waals surface area (Å²) in [6.45, 7) is 19.1. The molecule has 5 saturated carbocycles. The molecule has 4 aliphatic heterocycles. The number of aromatic amines is 1. The quantitative estimate of drug-likeness (QED) is 0.0357. The molecule has 5 amide bonds. The minimum atomic E-state index is -0.0462. The first-order chi connectivity index (χ1) is 69.4. The van der Waals surface area contributed by atoms with Gasteiger partial charge in [-0.25, -0.2) is 49.8 Å². The van der Waals surface area contributed by atoms with Crippen LogP contribution in [0, 0.1) is 98.7 Å². The van der Waals surface area contributed by atoms with Crippen LogP contribution in [0.3, 0.4) is 0 Å². The number of aromatic nitrogens is 12. The van der Waals surface area contributed by atoms with Crippen molar-refractivity contribution in [1.82, 2.24) is 75.6 Å². The number of likely N-dealkylation sites (tertiary alicyclic amines) is 1. The van der Waals surface area contributed by atoms with Crippen molar-refractivity contribution in [1.29, 1.82) is 0 Å². The Kier molecular flexibility index (Phi) is 25.5. The van der Waals surface area contributed by atoms with Crippen molar-refractivity contribution in [3.63, 3.8) is 0 Å². The van der Waals surface area contributed by atoms with Crippen LogP contribution in [0.15, 0.2) is 225 Å². The van der Waals surface area contributed by atoms with Crippen LogP contribution in [-0.2, 0) is 33.4 Å². The summed E-state index contributed by atoms with van der Waals surface area (Å²) in [6, 6.07) is 59.7. The molecule has 25 rings (SSSR count). The summed E-state index contributed by atoms with van der Waals surface area (Å²) in [6.07, 6.45) is 16.9. The summed E-state index contributed by atoms with van der Waals surface area (Å²) in [5.41, 5.74) is 47.3. The molecule has 16 aromatic rings. The van der Waals surface area contributed by atoms with Crippen molar-refractivity contribution in [2.45, 2.75) is 72.6 Å². The molecule has 4 saturated heterocycles. The molecule has 18 N–H and O–H groups in total. The first-order valence-electron chi connectivity index (χ1n) is 48.7. The van der Waals surface area contributed by atoms with E-state index in [1.165, 1.54) is 0 Å². The summed E-state index contributed by atoms with van der Waals surface area (Å²) < 4.78 is 10.5. The number of rotatable bonds is 19. The lowest BCUT2D eigenvalue weighted by molar-refractivity contribution is -0.119. The number of hydrogen-bond donors (Lipinski definition) is 13. The van der Waals surface area contributed by atoms with E-state index in [9.17, 15) is 24.0 Å². The number of carbonyl (C=O) groups excluding carboxylic acids is 5. The van der Waals surface area contributed by atoms with Gasteiger partial charge in [0.1, 0.15) is 58.2 Å². The van der Waals surface area contributed by atoms with E-state index in [4.69, 9.17) is 38.1 Å². The van der Waals surface area contributed by atoms with Gasteiger partial charge in [-0.1, -0.05) is 121 Å². The Hall–Kier alpha value is -15.7. The first kappa shape index (κ1) is 93.6. The van der Waals surface area contributed by atoms with Gasteiger partial charge < -0.3 is 80.3 Å². The third-order valence-electron chi connectivity index (χ3n) is 30.2. The average Bonchev–Trinajstić information content (AvgIpc) is 1.58. The van der Waals surface area contributed by atoms with Crippen molar-refractivity contribution in [3.8, 4) is 56.3 Å². The molecule has 0 bridgehead atoms. The molecular weight excluding hydrogens is 1800 g/mol. The molecule has 32 heteroatoms. The van der Waals surface area contributed by atoms with Crippen molar-refractivity contribution < 1.29 is 33.4 Å². The highest BCUT2D eigenvalue weighted by molar-refractivity contribution is 6.05. The Balaban J connectivity index is 0.000000106. The van der Waals surface area contributed by atoms with E-state index in [-0.39, 0.29) is 75.9 Å². The summed E-state index contributed by atoms with van der Waals surface area (Å²) in [5, 5.41) is 36.8. The van der Waals surface area contributed by atoms with Crippen LogP contribution in [0.4, 0.5) is 58.2 Å². The zero-order chi connectivity index (χ0) is 98.6. The second-order valence-corrected chi connectivity index (χ2v) is 39.5. The van der Waals surface area contributed by atoms with Gasteiger partial charge in [-0.15, -0.1) is 0 Å². The zero-order valence-electron chi connectivity index (χ0n) is 80.4. The molecule has 9 aliphatic rings. The largest absolute Gasteiger partial charge is 0.383 e. The average molecular weight is 1910 g/mol. The lowest BCUT2D eigenvalue weighted by Gasteiger charge is -2.18. The summed E-state index contributed by atoms with van der Waals surface area (Å²) in [5.74, 6) is 7.26. The van der Waals surface area contributed by atoms with Gasteiger partial charge >= 0.3 is 0 Å². The van der Waals surface area contributed by atoms with Crippen LogP contribution in [0.25, 0.3) is 110 Å². The number of nitrogens with one attached hydrogen (secondary N) is 8. The first-order valence-corrected chi connectivity index (χ1v) is 48.7. The number of benzene rings is 5. The van der Waals surface area contributed by atoms with Crippen LogP contribution in [0.2, 0.25) is 0 Å². The number of nitrogens with zero attached hydrogens (tertiary/aromatic N) is 12. The van der Waals surface area contributed by atoms with Gasteiger partial charge in [0.25, 0.3) is 0 Å². The Morgan fingerprint density at radius 1 is 0.406 bits per heavy atom. The number of carbonyl (C=O) groups is 5. The second-order valence-electron chi connectivity index (χ2n) is 39.5. The number of hydrogen-bond acceptors (Lipinski definition) is 26. The molecule has 12 atom stereocenters. The minimum absolute atomic E-state index is 0.0239. The number of aryl methyl sites for hydroxylation is 5. The Morgan fingerprint density at radius 3 is 1.01 bits per heavy atom. The van der Waals surface area contributed by atoms with Gasteiger partial charge in [-0.3, -0.25) is 29.1 Å². The molecule has 0 radical (unpaired) electrons. The molecular formula is C111H113N25O7. The van der Waals surface area contributed by atoms with Crippen LogP contribution in [0.5, 0.6) is 0 Å². The number of anilines is 10. The zero-order valence-corrected chi connectivity index (χ0v) is 80.4. The van der Waals surface area contributed by atoms with E-state index in [1.54, 1.807) is 44.3 Å². The van der Waals surface area contributed by atoms with E-state index >= 15 is 0 Å². The molecule has 3 unspecified atom stereocenters. The Labute approximate surface area is 825 Å². The SMILES string of the molecule is COCCN1C[C@@H]2C(C(=O)Nc3cc4cc(-c5ccccc5C)nc(N)c4cn3)[C@@H]2C1.Cc1ccccc1-c1cc2cc(NC(=O)C3C[C@@H]3c3cn[nH]c3)ncc2c(N)n1.Cc1ccccc1-c1cc2cc(NC(=O)C3[C@H]4COC[C@@H]34)ncc2c(N)n1.Cc1ccccc1-c1cc2cc(NC(=O)[C@@H]3C[C@]34CCNC4)ncc2c(N)n1.Cc1ccccc1-c1cc2cc(NC(=O)[C@H]3C[C@@]34CCNC4)ncc2c(N)n1. The number of nitrogen functional groups attached to an aromatic ring is 5. The monoisotopic (exact) mass is 1910 g/mol. The molecule has 11 aromatic heterocycles. The second kappa shape index (κ2) is 39.0. The number of amides is 5. The van der Waals surface area contributed by atoms with Crippen molar-refractivity contribution in [3.05, 3.63) is 259 Å². The van der Waals surface area contributed by atoms with E-state index in [0.29, 0.717) is 95.1 Å². The van der Waals surface area contributed by atoms with Crippen LogP contribution >= 0.6 is 0 Å². The van der Waals surface area contributed by atoms with Gasteiger partial charge in [0.2, 0.25) is 29.5 Å². The van der Waals surface area contributed by atoms with Gasteiger partial charge in [0.15, 0.2) is 0 Å². The normalized spacial score (nSPS) is 22.0. The van der Waals surface area contributed by atoms with E-state index < -0.39 is 0 Å². The number of fused-ring (bicyclic) bond motifs is 7. The highest BCUT2D eigenvalue weighted by atomic mass is 16.5. The van der Waals surface area contributed by atoms with Crippen LogP contribution in [0.1, 0.15) is 71.4 Å². The molecule has 5 aromatic carbocycles. The van der Waals surface area contributed by atoms with Gasteiger partial charge in [0.05, 0.1) is 54.5 Å². The lowest BCUT2D eigenvalue weighted by atomic mass is 10.0. The third kappa shape index (κ3) is 19.6. The molecule has 724 valence electrons. The fourth-order valence-electron chi connectivity index (χ4n) is 21.5. The van der Waals surface area contributed by atoms with Gasteiger partial charge in [-0.05, 0) is 241 Å². The van der Waals surface area contributed by atoms with Crippen LogP contribution < -0.4 is 65.9 Å². The summed E-state index contributed by atoms with van der Waals surface area (Å²) in [7, 11) is 1.72. The number of piperidine rings is 1. The van der Waals surface area contributed by atoms with Crippen molar-refractivity contribution >= 4 is 142 Å². The molecule has 5 aliphatic carbocycles. The number of methoxy groups -OCH3 is 1. The van der Waals surface area contributed by atoms with E-state index in [2.05, 4.69) is 141 Å². The maximum absolute atomic E-state index is 12.8. The Morgan fingerprint density at radius 2 is 0.713 bits per heavy atom. The maximum atomic E-state index is 12.8. The van der Waals surface area contributed by atoms with E-state index in [1.807, 2.05) is 184 Å². The van der Waals surface area contributed by atoms with Crippen LogP contribution in [-0.4, -0.2) is 167 Å². The maximum Gasteiger partial charge on any atom is 0.229 e. The molecule has 32 nitrogen and oxygen atoms in total. The fraction of sp³-hybridized carbons (Fsp3) is 0.297. The molecule has 2 spiro atoms. The predicted octanol–water partition coefficient (Wildman–Crippen LogP) is 15.9. The number of ether oxygens (including phenoxy) is 2. The number of pyridine rings is 10. The van der Waals surface area contributed by atoms with Crippen molar-refractivity contribution in [2.75, 3.05) is 128 Å². The van der Waals surface area contributed by atoms with Crippen molar-refractivity contribution in [2.24, 2.45) is 64.1 Å². The van der Waals surface area contributed by atoms with E-state index in [0.717, 1.165) is 228 Å². The third-order valence-corrected chi connectivity index (χ3v) is 30.2. The molecule has 143 heavy (non-hydrogen) atoms. The summed E-state index contributed by atoms with van der Waals surface area (Å²) >= 11 is 0. The topological polar surface area (TPSA) is 479 Å². The number of H-pyrrole nitrogens is 1. The fourth-order valence-corrected chi connectivity index (χ4v) is 21.5. The number of nitrogens with two attached hydrogens (primary N) is 5. The van der Waals surface area contributed by atoms with Gasteiger partial charge in [0, 0.05) is 161 Å². The minimum Gasteiger partial charge on any atom is -0.383 e. The Bertz CT molecular complexity index is 7480. The predicted molar refractivity (Wildman–Crippen MR) is 559 cm³/mol. The lowest BCUT2D eigenvalue weighted by Crippen LogP contribution is -2.30. The standard InChI is InChI=1S/C24H27N5O2.C22H20N6O.2C22H23N5O.C21H20N4O2/c1-14-5-3-4-6-16(14)20-9-15-10-21(26-11-17(15)23(25)27-20)28-24(30)22-18-12-29(7-8-31-2)13-19(18)22;1-12-4-2-3-5-15(12)19-6-13-7-20(24-11-18(13)21(23)27-19)28-22(29)17-8-16(17)14-9-25-26-10-14;2*1-13-4-2-3-5-15(13)18-8-14-9-19(25-11-16(14)20(23)26-18)27-21(28)17-10-22(17)6-7-24-12-22;1-11-4-2-3-5-13(11)17-6-12-7-18(23-8-14(12)20(22)24-17)25-21(26)19-15-9-27-10-16(15)19/h3-6,9-11,18-19,22H,7-8,12-13H2,1-2H3,(H2,25,27)(H,26,28,30);2-7,9-11,16-17H,8H2,1H3,(H2,23,27)(H,25,26)(H,24,28,29);2*2-5,8-9,11,17,24H,6-7,10,12H2,1H3,(H2,23,26)(H,25,27,28);2-8,15-16,19H,9-10H2,1H3,(H2,22,24)(H,23,25,26)/t18-,19+,22?;16-,17?;2*17-,22-;15-,16+,19?/m.110./s1. The molecule has 15 heterocycles. The smallest absolute Gasteiger partial charge is 0.229 e. The highest BCUT2D eigenvalue weighted by Gasteiger charge is 2.62. The highest BCUT2D eigenvalue weighted by Crippen LogP contribution is 2.59.